The number of rotatable bonds is 6. The number of methoxy groups -OCH3 is 2. The van der Waals surface area contributed by atoms with E-state index < -0.39 is 5.97 Å². The normalized spacial score (nSPS) is 10.2. The van der Waals surface area contributed by atoms with Crippen molar-refractivity contribution in [3.8, 4) is 5.75 Å². The van der Waals surface area contributed by atoms with Crippen molar-refractivity contribution < 1.29 is 19.1 Å². The van der Waals surface area contributed by atoms with Crippen LogP contribution in [0.1, 0.15) is 26.3 Å². The SMILES string of the molecule is COC(=O)c1ccc(OC)c(C(=O)c2ccc(Nc3ccccc3)cc2Cl)c1. The molecule has 0 saturated carbocycles. The van der Waals surface area contributed by atoms with E-state index in [2.05, 4.69) is 5.32 Å². The first-order valence-corrected chi connectivity index (χ1v) is 8.84. The van der Waals surface area contributed by atoms with E-state index in [1.807, 2.05) is 30.3 Å². The van der Waals surface area contributed by atoms with E-state index in [0.717, 1.165) is 11.4 Å². The highest BCUT2D eigenvalue weighted by Gasteiger charge is 2.20. The van der Waals surface area contributed by atoms with Gasteiger partial charge in [-0.15, -0.1) is 0 Å². The molecule has 3 aromatic carbocycles. The second-order valence-electron chi connectivity index (χ2n) is 5.92. The standard InChI is InChI=1S/C22H18ClNO4/c1-27-20-11-8-14(22(26)28-2)12-18(20)21(25)17-10-9-16(13-19(17)23)24-15-6-4-3-5-7-15/h3-13,24H,1-2H3. The van der Waals surface area contributed by atoms with Crippen LogP contribution in [0.25, 0.3) is 0 Å². The van der Waals surface area contributed by atoms with Gasteiger partial charge in [0.2, 0.25) is 0 Å². The topological polar surface area (TPSA) is 64.6 Å². The van der Waals surface area contributed by atoms with Gasteiger partial charge in [-0.1, -0.05) is 29.8 Å². The van der Waals surface area contributed by atoms with Gasteiger partial charge >= 0.3 is 5.97 Å². The van der Waals surface area contributed by atoms with Gasteiger partial charge in [0.05, 0.1) is 30.4 Å². The lowest BCUT2D eigenvalue weighted by atomic mass is 9.99. The van der Waals surface area contributed by atoms with Crippen LogP contribution in [0.5, 0.6) is 5.75 Å². The number of carbonyl (C=O) groups is 2. The summed E-state index contributed by atoms with van der Waals surface area (Å²) in [6, 6.07) is 19.2. The molecule has 0 saturated heterocycles. The highest BCUT2D eigenvalue weighted by molar-refractivity contribution is 6.35. The van der Waals surface area contributed by atoms with Crippen molar-refractivity contribution in [3.63, 3.8) is 0 Å². The Labute approximate surface area is 167 Å². The van der Waals surface area contributed by atoms with Crippen LogP contribution in [0.4, 0.5) is 11.4 Å². The van der Waals surface area contributed by atoms with Crippen LogP contribution in [0.2, 0.25) is 5.02 Å². The molecular formula is C22H18ClNO4. The van der Waals surface area contributed by atoms with E-state index in [0.29, 0.717) is 11.3 Å². The zero-order chi connectivity index (χ0) is 20.1. The van der Waals surface area contributed by atoms with Gasteiger partial charge in [-0.3, -0.25) is 4.79 Å². The summed E-state index contributed by atoms with van der Waals surface area (Å²) >= 11 is 6.37. The molecule has 0 aliphatic carbocycles. The third kappa shape index (κ3) is 4.15. The van der Waals surface area contributed by atoms with Crippen LogP contribution in [0.3, 0.4) is 0 Å². The second kappa shape index (κ2) is 8.59. The fraction of sp³-hybridized carbons (Fsp3) is 0.0909. The maximum absolute atomic E-state index is 13.0. The second-order valence-corrected chi connectivity index (χ2v) is 6.33. The first-order chi connectivity index (χ1) is 13.5. The lowest BCUT2D eigenvalue weighted by molar-refractivity contribution is 0.0600. The Morgan fingerprint density at radius 2 is 1.61 bits per heavy atom. The molecular weight excluding hydrogens is 378 g/mol. The number of anilines is 2. The molecule has 0 heterocycles. The van der Waals surface area contributed by atoms with Crippen molar-refractivity contribution in [2.75, 3.05) is 19.5 Å². The van der Waals surface area contributed by atoms with E-state index in [9.17, 15) is 9.59 Å². The Balaban J connectivity index is 1.93. The average molecular weight is 396 g/mol. The molecule has 142 valence electrons. The summed E-state index contributed by atoms with van der Waals surface area (Å²) in [5.74, 6) is -0.538. The molecule has 28 heavy (non-hydrogen) atoms. The van der Waals surface area contributed by atoms with Gasteiger partial charge in [0, 0.05) is 16.9 Å². The van der Waals surface area contributed by atoms with Gasteiger partial charge in [0.1, 0.15) is 5.75 Å². The lowest BCUT2D eigenvalue weighted by Gasteiger charge is -2.12. The summed E-state index contributed by atoms with van der Waals surface area (Å²) in [4.78, 5) is 24.8. The van der Waals surface area contributed by atoms with Gasteiger partial charge < -0.3 is 14.8 Å². The molecule has 3 aromatic rings. The Hall–Kier alpha value is -3.31. The molecule has 0 aromatic heterocycles. The summed E-state index contributed by atoms with van der Waals surface area (Å²) < 4.78 is 9.99. The summed E-state index contributed by atoms with van der Waals surface area (Å²) in [5, 5.41) is 3.51. The summed E-state index contributed by atoms with van der Waals surface area (Å²) in [6.07, 6.45) is 0. The van der Waals surface area contributed by atoms with Gasteiger partial charge in [0.25, 0.3) is 0 Å². The molecule has 0 radical (unpaired) electrons. The quantitative estimate of drug-likeness (QED) is 0.464. The third-order valence-corrected chi connectivity index (χ3v) is 4.45. The Morgan fingerprint density at radius 3 is 2.25 bits per heavy atom. The van der Waals surface area contributed by atoms with Crippen LogP contribution < -0.4 is 10.1 Å². The van der Waals surface area contributed by atoms with Crippen molar-refractivity contribution in [1.82, 2.24) is 0 Å². The molecule has 0 aliphatic rings. The van der Waals surface area contributed by atoms with E-state index in [1.54, 1.807) is 24.3 Å². The van der Waals surface area contributed by atoms with Gasteiger partial charge in [0.15, 0.2) is 5.78 Å². The monoisotopic (exact) mass is 395 g/mol. The number of ketones is 1. The Bertz CT molecular complexity index is 1020. The van der Waals surface area contributed by atoms with Crippen LogP contribution in [0, 0.1) is 0 Å². The Morgan fingerprint density at radius 1 is 0.857 bits per heavy atom. The van der Waals surface area contributed by atoms with Crippen LogP contribution in [0.15, 0.2) is 66.7 Å². The highest BCUT2D eigenvalue weighted by Crippen LogP contribution is 2.29. The molecule has 6 heteroatoms. The first kappa shape index (κ1) is 19.5. The molecule has 3 rings (SSSR count). The smallest absolute Gasteiger partial charge is 0.337 e. The van der Waals surface area contributed by atoms with Crippen molar-refractivity contribution in [2.45, 2.75) is 0 Å². The van der Waals surface area contributed by atoms with E-state index in [-0.39, 0.29) is 21.9 Å². The number of para-hydroxylation sites is 1. The molecule has 0 aliphatic heterocycles. The fourth-order valence-corrected chi connectivity index (χ4v) is 3.01. The molecule has 1 N–H and O–H groups in total. The average Bonchev–Trinajstić information content (AvgIpc) is 2.73. The Kier molecular flexibility index (Phi) is 5.96. The number of carbonyl (C=O) groups excluding carboxylic acids is 2. The van der Waals surface area contributed by atoms with Crippen molar-refractivity contribution >= 4 is 34.7 Å². The molecule has 0 bridgehead atoms. The van der Waals surface area contributed by atoms with Gasteiger partial charge in [-0.05, 0) is 48.5 Å². The van der Waals surface area contributed by atoms with Gasteiger partial charge in [-0.2, -0.15) is 0 Å². The van der Waals surface area contributed by atoms with Crippen LogP contribution >= 0.6 is 11.6 Å². The summed E-state index contributed by atoms with van der Waals surface area (Å²) in [6.45, 7) is 0. The first-order valence-electron chi connectivity index (χ1n) is 8.46. The molecule has 0 unspecified atom stereocenters. The van der Waals surface area contributed by atoms with Crippen LogP contribution in [-0.4, -0.2) is 26.0 Å². The number of nitrogens with one attached hydrogen (secondary N) is 1. The molecule has 0 atom stereocenters. The van der Waals surface area contributed by atoms with Crippen LogP contribution in [-0.2, 0) is 4.74 Å². The number of hydrogen-bond donors (Lipinski definition) is 1. The molecule has 0 amide bonds. The number of halogens is 1. The third-order valence-electron chi connectivity index (χ3n) is 4.14. The fourth-order valence-electron chi connectivity index (χ4n) is 2.74. The predicted molar refractivity (Wildman–Crippen MR) is 109 cm³/mol. The number of ether oxygens (including phenoxy) is 2. The minimum Gasteiger partial charge on any atom is -0.496 e. The van der Waals surface area contributed by atoms with Gasteiger partial charge in [-0.25, -0.2) is 4.79 Å². The number of hydrogen-bond acceptors (Lipinski definition) is 5. The minimum atomic E-state index is -0.537. The van der Waals surface area contributed by atoms with Crippen molar-refractivity contribution in [2.24, 2.45) is 0 Å². The molecule has 0 spiro atoms. The number of benzene rings is 3. The zero-order valence-electron chi connectivity index (χ0n) is 15.4. The summed E-state index contributed by atoms with van der Waals surface area (Å²) in [5.41, 5.74) is 2.45. The largest absolute Gasteiger partial charge is 0.496 e. The van der Waals surface area contributed by atoms with E-state index >= 15 is 0 Å². The van der Waals surface area contributed by atoms with Crippen molar-refractivity contribution in [3.05, 3.63) is 88.4 Å². The summed E-state index contributed by atoms with van der Waals surface area (Å²) in [7, 11) is 2.74. The molecule has 0 fully saturated rings. The maximum atomic E-state index is 13.0. The maximum Gasteiger partial charge on any atom is 0.337 e. The molecule has 5 nitrogen and oxygen atoms in total. The number of esters is 1. The minimum absolute atomic E-state index is 0.232. The van der Waals surface area contributed by atoms with E-state index in [4.69, 9.17) is 21.1 Å². The van der Waals surface area contributed by atoms with E-state index in [1.165, 1.54) is 26.4 Å². The van der Waals surface area contributed by atoms with Crippen molar-refractivity contribution in [1.29, 1.82) is 0 Å². The predicted octanol–water partition coefficient (Wildman–Crippen LogP) is 5.11. The zero-order valence-corrected chi connectivity index (χ0v) is 16.1. The highest BCUT2D eigenvalue weighted by atomic mass is 35.5. The lowest BCUT2D eigenvalue weighted by Crippen LogP contribution is -2.08.